The number of nitrogens with zero attached hydrogens (tertiary/aromatic N) is 2. The molecular weight excluding hydrogens is 444 g/mol. The van der Waals surface area contributed by atoms with Crippen molar-refractivity contribution in [3.05, 3.63) is 77.4 Å². The van der Waals surface area contributed by atoms with Gasteiger partial charge >= 0.3 is 6.09 Å². The van der Waals surface area contributed by atoms with Gasteiger partial charge in [0.25, 0.3) is 0 Å². The lowest BCUT2D eigenvalue weighted by atomic mass is 9.95. The van der Waals surface area contributed by atoms with Crippen LogP contribution < -0.4 is 15.5 Å². The van der Waals surface area contributed by atoms with Crippen molar-refractivity contribution in [3.63, 3.8) is 0 Å². The minimum atomic E-state index is -1.33. The number of nitrogens with one attached hydrogen (secondary N) is 2. The maximum Gasteiger partial charge on any atom is 0.409 e. The monoisotopic (exact) mass is 466 g/mol. The topological polar surface area (TPSA) is 123 Å². The third-order valence-corrected chi connectivity index (χ3v) is 5.15. The molecule has 0 saturated heterocycles. The van der Waals surface area contributed by atoms with E-state index in [9.17, 15) is 14.4 Å². The number of amides is 2. The largest absolute Gasteiger partial charge is 0.465 e. The predicted molar refractivity (Wildman–Crippen MR) is 135 cm³/mol. The van der Waals surface area contributed by atoms with Crippen molar-refractivity contribution in [3.8, 4) is 29.5 Å². The minimum absolute atomic E-state index is 0.0870. The van der Waals surface area contributed by atoms with Crippen LogP contribution in [0.15, 0.2) is 60.7 Å². The second-order valence-electron chi connectivity index (χ2n) is 7.80. The van der Waals surface area contributed by atoms with Gasteiger partial charge in [0.2, 0.25) is 5.91 Å². The van der Waals surface area contributed by atoms with Crippen LogP contribution in [0.5, 0.6) is 0 Å². The fraction of sp³-hybridized carbons (Fsp3) is 0.111. The number of nitriles is 1. The molecule has 0 saturated carbocycles. The van der Waals surface area contributed by atoms with E-state index >= 15 is 0 Å². The molecule has 8 heteroatoms. The Balaban J connectivity index is 0.000000485. The molecule has 8 nitrogen and oxygen atoms in total. The van der Waals surface area contributed by atoms with E-state index < -0.39 is 24.2 Å². The zero-order chi connectivity index (χ0) is 25.5. The summed E-state index contributed by atoms with van der Waals surface area (Å²) in [5.74, 6) is 1.26. The minimum Gasteiger partial charge on any atom is -0.465 e. The zero-order valence-electron chi connectivity index (χ0n) is 19.1. The summed E-state index contributed by atoms with van der Waals surface area (Å²) < 4.78 is 0. The van der Waals surface area contributed by atoms with Crippen LogP contribution in [0.3, 0.4) is 0 Å². The van der Waals surface area contributed by atoms with E-state index in [4.69, 9.17) is 16.8 Å². The van der Waals surface area contributed by atoms with Gasteiger partial charge in [-0.3, -0.25) is 14.9 Å². The number of hydrogen-bond acceptors (Lipinski definition) is 5. The smallest absolute Gasteiger partial charge is 0.409 e. The number of benzene rings is 3. The van der Waals surface area contributed by atoms with Gasteiger partial charge in [-0.15, -0.1) is 6.42 Å². The highest BCUT2D eigenvalue weighted by Crippen LogP contribution is 2.32. The number of rotatable bonds is 6. The molecule has 2 aliphatic rings. The number of Topliss-reactive ketones (excluding diaryl/α,β-unsaturated/α-hetero) is 1. The molecule has 35 heavy (non-hydrogen) atoms. The van der Waals surface area contributed by atoms with Gasteiger partial charge in [-0.05, 0) is 35.4 Å². The molecule has 0 spiro atoms. The highest BCUT2D eigenvalue weighted by Gasteiger charge is 2.18. The summed E-state index contributed by atoms with van der Waals surface area (Å²) >= 11 is 0. The molecule has 2 amide bonds. The van der Waals surface area contributed by atoms with Crippen molar-refractivity contribution in [1.82, 2.24) is 0 Å². The third kappa shape index (κ3) is 6.04. The number of carbonyl (C=O) groups excluding carboxylic acids is 2. The van der Waals surface area contributed by atoms with Gasteiger partial charge < -0.3 is 15.3 Å². The summed E-state index contributed by atoms with van der Waals surface area (Å²) in [5.41, 5.74) is 4.44. The summed E-state index contributed by atoms with van der Waals surface area (Å²) in [4.78, 5) is 37.6. The molecule has 0 aromatic heterocycles. The number of carbonyl (C=O) groups is 3. The summed E-state index contributed by atoms with van der Waals surface area (Å²) in [6.07, 6.45) is 3.70. The first-order chi connectivity index (χ1) is 16.7. The van der Waals surface area contributed by atoms with E-state index in [0.717, 1.165) is 0 Å². The molecule has 2 aliphatic carbocycles. The van der Waals surface area contributed by atoms with E-state index in [-0.39, 0.29) is 22.5 Å². The van der Waals surface area contributed by atoms with E-state index in [1.54, 1.807) is 37.2 Å². The Morgan fingerprint density at radius 2 is 1.66 bits per heavy atom. The van der Waals surface area contributed by atoms with Crippen molar-refractivity contribution in [1.29, 1.82) is 5.26 Å². The Kier molecular flexibility index (Phi) is 7.50. The van der Waals surface area contributed by atoms with Crippen LogP contribution in [-0.4, -0.2) is 37.0 Å². The standard InChI is InChI=1S/C21H18N4O4.C6H4/c1-4-14-9-16(25(2)3)10-17(23-21(28)29)20(14)24-19(27)11-18(26)15-7-5-6-13(8-15)12-22;1-2-6-4-3-5(1)6/h1,5-10,23H,11H2,2-3H3,(H,24,27)(H,28,29);1-4H. The first-order valence-electron chi connectivity index (χ1n) is 10.5. The second-order valence-corrected chi connectivity index (χ2v) is 7.80. The molecule has 0 heterocycles. The molecular formula is C27H22N4O4. The molecule has 2 aromatic carbocycles. The molecule has 0 atom stereocenters. The predicted octanol–water partition coefficient (Wildman–Crippen LogP) is 4.57. The van der Waals surface area contributed by atoms with Crippen molar-refractivity contribution in [2.75, 3.05) is 29.6 Å². The number of carboxylic acid groups (broad SMARTS) is 1. The highest BCUT2D eigenvalue weighted by atomic mass is 16.4. The van der Waals surface area contributed by atoms with Crippen molar-refractivity contribution >= 4 is 34.8 Å². The van der Waals surface area contributed by atoms with E-state index in [1.165, 1.54) is 29.3 Å². The van der Waals surface area contributed by atoms with Crippen LogP contribution in [0.25, 0.3) is 11.1 Å². The van der Waals surface area contributed by atoms with Crippen LogP contribution in [-0.2, 0) is 4.79 Å². The number of fused-ring (bicyclic) bond motifs is 1. The Bertz CT molecular complexity index is 1360. The molecule has 3 N–H and O–H groups in total. The fourth-order valence-corrected chi connectivity index (χ4v) is 3.20. The molecule has 174 valence electrons. The molecule has 0 bridgehead atoms. The SMILES string of the molecule is C#Cc1cc(N(C)C)cc(NC(=O)O)c1NC(=O)CC(=O)c1cccc(C#N)c1.c1cc2ccc1-2. The number of terminal acetylenes is 1. The van der Waals surface area contributed by atoms with Crippen LogP contribution in [0.2, 0.25) is 0 Å². The first kappa shape index (κ1) is 24.6. The molecule has 4 rings (SSSR count). The van der Waals surface area contributed by atoms with Crippen LogP contribution in [0, 0.1) is 23.7 Å². The molecule has 0 aliphatic heterocycles. The average Bonchev–Trinajstić information content (AvgIpc) is 2.82. The van der Waals surface area contributed by atoms with Gasteiger partial charge in [-0.1, -0.05) is 42.3 Å². The van der Waals surface area contributed by atoms with Crippen molar-refractivity contribution < 1.29 is 19.5 Å². The number of hydrogen-bond donors (Lipinski definition) is 3. The van der Waals surface area contributed by atoms with Gasteiger partial charge in [-0.25, -0.2) is 4.79 Å². The molecule has 2 aromatic rings. The van der Waals surface area contributed by atoms with E-state index in [0.29, 0.717) is 11.3 Å². The van der Waals surface area contributed by atoms with E-state index in [2.05, 4.69) is 40.8 Å². The fourth-order valence-electron chi connectivity index (χ4n) is 3.20. The van der Waals surface area contributed by atoms with Crippen molar-refractivity contribution in [2.24, 2.45) is 0 Å². The third-order valence-electron chi connectivity index (χ3n) is 5.15. The number of anilines is 3. The van der Waals surface area contributed by atoms with Gasteiger partial charge in [0.05, 0.1) is 35.0 Å². The Hall–Kier alpha value is -5.08. The second kappa shape index (κ2) is 10.7. The Labute approximate surface area is 202 Å². The summed E-state index contributed by atoms with van der Waals surface area (Å²) in [6.45, 7) is 0. The lowest BCUT2D eigenvalue weighted by Gasteiger charge is -2.19. The van der Waals surface area contributed by atoms with Crippen molar-refractivity contribution in [2.45, 2.75) is 6.42 Å². The Morgan fingerprint density at radius 3 is 2.14 bits per heavy atom. The van der Waals surface area contributed by atoms with Gasteiger partial charge in [0.1, 0.15) is 0 Å². The number of ketones is 1. The van der Waals surface area contributed by atoms with Gasteiger partial charge in [0, 0.05) is 25.3 Å². The van der Waals surface area contributed by atoms with E-state index in [1.807, 2.05) is 6.07 Å². The average molecular weight is 466 g/mol. The van der Waals surface area contributed by atoms with Crippen LogP contribution in [0.4, 0.5) is 21.9 Å². The summed E-state index contributed by atoms with van der Waals surface area (Å²) in [7, 11) is 3.51. The maximum absolute atomic E-state index is 12.4. The van der Waals surface area contributed by atoms with Crippen LogP contribution in [0.1, 0.15) is 27.9 Å². The van der Waals surface area contributed by atoms with Crippen LogP contribution >= 0.6 is 0 Å². The maximum atomic E-state index is 12.4. The molecule has 0 fully saturated rings. The van der Waals surface area contributed by atoms with Gasteiger partial charge in [0.15, 0.2) is 5.78 Å². The summed E-state index contributed by atoms with van der Waals surface area (Å²) in [5, 5.41) is 22.7. The lowest BCUT2D eigenvalue weighted by Crippen LogP contribution is -2.20. The molecule has 0 radical (unpaired) electrons. The van der Waals surface area contributed by atoms with Gasteiger partial charge in [-0.2, -0.15) is 5.26 Å². The quantitative estimate of drug-likeness (QED) is 0.217. The lowest BCUT2D eigenvalue weighted by molar-refractivity contribution is -0.115. The highest BCUT2D eigenvalue weighted by molar-refractivity contribution is 6.12. The first-order valence-corrected chi connectivity index (χ1v) is 10.5. The normalized spacial score (nSPS) is 9.94. The summed E-state index contributed by atoms with van der Waals surface area (Å²) in [6, 6.07) is 19.5. The molecule has 0 unspecified atom stereocenters. The Morgan fingerprint density at radius 1 is 1.00 bits per heavy atom. The zero-order valence-corrected chi connectivity index (χ0v) is 19.1.